The van der Waals surface area contributed by atoms with Gasteiger partial charge in [0.2, 0.25) is 12.7 Å². The average Bonchev–Trinajstić information content (AvgIpc) is 3.09. The van der Waals surface area contributed by atoms with E-state index >= 15 is 0 Å². The van der Waals surface area contributed by atoms with Gasteiger partial charge >= 0.3 is 0 Å². The van der Waals surface area contributed by atoms with Gasteiger partial charge in [-0.25, -0.2) is 4.98 Å². The molecule has 0 N–H and O–H groups in total. The fraction of sp³-hybridized carbons (Fsp3) is 0.368. The number of ether oxygens (including phenoxy) is 3. The fourth-order valence-corrected chi connectivity index (χ4v) is 3.14. The smallest absolute Gasteiger partial charge is 0.253 e. The van der Waals surface area contributed by atoms with Crippen LogP contribution in [0.1, 0.15) is 28.9 Å². The third-order valence-electron chi connectivity index (χ3n) is 4.50. The molecule has 0 saturated carbocycles. The van der Waals surface area contributed by atoms with Crippen LogP contribution in [0.3, 0.4) is 0 Å². The van der Waals surface area contributed by atoms with Crippen molar-refractivity contribution in [2.24, 2.45) is 0 Å². The number of aryl methyl sites for hydroxylation is 1. The molecule has 1 saturated heterocycles. The molecular formula is C19H20N2O4. The normalized spacial score (nSPS) is 16.8. The van der Waals surface area contributed by atoms with Crippen molar-refractivity contribution in [1.82, 2.24) is 9.88 Å². The maximum absolute atomic E-state index is 12.7. The first-order valence-corrected chi connectivity index (χ1v) is 8.48. The minimum atomic E-state index is 0.0189. The number of hydrogen-bond acceptors (Lipinski definition) is 5. The molecule has 2 aromatic rings. The van der Waals surface area contributed by atoms with Crippen molar-refractivity contribution < 1.29 is 19.0 Å². The summed E-state index contributed by atoms with van der Waals surface area (Å²) >= 11 is 0. The summed E-state index contributed by atoms with van der Waals surface area (Å²) in [5, 5.41) is 0. The number of rotatable bonds is 3. The lowest BCUT2D eigenvalue weighted by Crippen LogP contribution is -2.41. The molecule has 0 unspecified atom stereocenters. The monoisotopic (exact) mass is 340 g/mol. The van der Waals surface area contributed by atoms with Crippen LogP contribution in [0.2, 0.25) is 0 Å². The van der Waals surface area contributed by atoms with Gasteiger partial charge in [-0.05, 0) is 31.2 Å². The Hall–Kier alpha value is -2.76. The second-order valence-electron chi connectivity index (χ2n) is 6.29. The van der Waals surface area contributed by atoms with E-state index in [4.69, 9.17) is 14.2 Å². The van der Waals surface area contributed by atoms with Gasteiger partial charge in [-0.2, -0.15) is 0 Å². The predicted octanol–water partition coefficient (Wildman–Crippen LogP) is 2.80. The van der Waals surface area contributed by atoms with Gasteiger partial charge in [-0.3, -0.25) is 4.79 Å². The number of benzene rings is 1. The van der Waals surface area contributed by atoms with Crippen molar-refractivity contribution in [2.45, 2.75) is 25.9 Å². The van der Waals surface area contributed by atoms with Crippen molar-refractivity contribution in [2.75, 3.05) is 19.9 Å². The van der Waals surface area contributed by atoms with Gasteiger partial charge in [-0.1, -0.05) is 6.07 Å². The summed E-state index contributed by atoms with van der Waals surface area (Å²) in [6.07, 6.45) is 1.69. The molecule has 0 aliphatic carbocycles. The van der Waals surface area contributed by atoms with E-state index < -0.39 is 0 Å². The summed E-state index contributed by atoms with van der Waals surface area (Å²) < 4.78 is 16.6. The summed E-state index contributed by atoms with van der Waals surface area (Å²) in [5.41, 5.74) is 1.57. The van der Waals surface area contributed by atoms with Crippen molar-refractivity contribution in [3.05, 3.63) is 47.7 Å². The van der Waals surface area contributed by atoms with Crippen LogP contribution in [0.15, 0.2) is 36.4 Å². The molecule has 2 aliphatic heterocycles. The highest BCUT2D eigenvalue weighted by atomic mass is 16.7. The number of pyridine rings is 1. The lowest BCUT2D eigenvalue weighted by molar-refractivity contribution is 0.0587. The van der Waals surface area contributed by atoms with Crippen LogP contribution in [0.5, 0.6) is 17.4 Å². The number of carbonyl (C=O) groups excluding carboxylic acids is 1. The van der Waals surface area contributed by atoms with Gasteiger partial charge < -0.3 is 19.1 Å². The third kappa shape index (κ3) is 3.38. The van der Waals surface area contributed by atoms with E-state index in [-0.39, 0.29) is 18.8 Å². The molecule has 0 spiro atoms. The number of fused-ring (bicyclic) bond motifs is 1. The summed E-state index contributed by atoms with van der Waals surface area (Å²) in [4.78, 5) is 18.9. The predicted molar refractivity (Wildman–Crippen MR) is 91.1 cm³/mol. The molecule has 4 rings (SSSR count). The molecule has 0 bridgehead atoms. The number of amides is 1. The second-order valence-corrected chi connectivity index (χ2v) is 6.29. The molecular weight excluding hydrogens is 320 g/mol. The van der Waals surface area contributed by atoms with Crippen molar-refractivity contribution in [1.29, 1.82) is 0 Å². The van der Waals surface area contributed by atoms with Gasteiger partial charge in [0.15, 0.2) is 11.5 Å². The Kier molecular flexibility index (Phi) is 4.17. The summed E-state index contributed by atoms with van der Waals surface area (Å²) in [7, 11) is 0. The Labute approximate surface area is 146 Å². The minimum absolute atomic E-state index is 0.0189. The minimum Gasteiger partial charge on any atom is -0.474 e. The van der Waals surface area contributed by atoms with Crippen LogP contribution in [0.25, 0.3) is 0 Å². The maximum Gasteiger partial charge on any atom is 0.253 e. The van der Waals surface area contributed by atoms with Crippen LogP contribution in [-0.2, 0) is 0 Å². The molecule has 6 nitrogen and oxygen atoms in total. The van der Waals surface area contributed by atoms with Crippen molar-refractivity contribution in [3.8, 4) is 17.4 Å². The van der Waals surface area contributed by atoms with E-state index in [1.54, 1.807) is 18.2 Å². The Morgan fingerprint density at radius 2 is 1.96 bits per heavy atom. The SMILES string of the molecule is Cc1cccc(OC2CCN(C(=O)c3ccc4c(c3)OCO4)CC2)n1. The van der Waals surface area contributed by atoms with E-state index in [1.807, 2.05) is 30.0 Å². The van der Waals surface area contributed by atoms with E-state index in [2.05, 4.69) is 4.98 Å². The maximum atomic E-state index is 12.7. The lowest BCUT2D eigenvalue weighted by Gasteiger charge is -2.32. The highest BCUT2D eigenvalue weighted by Gasteiger charge is 2.26. The van der Waals surface area contributed by atoms with Gasteiger partial charge in [0.05, 0.1) is 0 Å². The number of piperidine rings is 1. The first-order valence-electron chi connectivity index (χ1n) is 8.48. The molecule has 0 atom stereocenters. The van der Waals surface area contributed by atoms with E-state index in [1.165, 1.54) is 0 Å². The molecule has 3 heterocycles. The topological polar surface area (TPSA) is 60.9 Å². The first kappa shape index (κ1) is 15.7. The largest absolute Gasteiger partial charge is 0.474 e. The summed E-state index contributed by atoms with van der Waals surface area (Å²) in [5.74, 6) is 2.00. The zero-order valence-corrected chi connectivity index (χ0v) is 14.1. The fourth-order valence-electron chi connectivity index (χ4n) is 3.14. The average molecular weight is 340 g/mol. The van der Waals surface area contributed by atoms with Crippen LogP contribution in [-0.4, -0.2) is 41.8 Å². The van der Waals surface area contributed by atoms with Crippen molar-refractivity contribution in [3.63, 3.8) is 0 Å². The number of aromatic nitrogens is 1. The summed E-state index contributed by atoms with van der Waals surface area (Å²) in [6, 6.07) is 11.1. The van der Waals surface area contributed by atoms with Gasteiger partial charge in [0.1, 0.15) is 6.10 Å². The molecule has 0 radical (unpaired) electrons. The van der Waals surface area contributed by atoms with Crippen LogP contribution in [0.4, 0.5) is 0 Å². The second kappa shape index (κ2) is 6.63. The highest BCUT2D eigenvalue weighted by molar-refractivity contribution is 5.95. The van der Waals surface area contributed by atoms with Gasteiger partial charge in [0, 0.05) is 43.3 Å². The number of likely N-dealkylation sites (tertiary alicyclic amines) is 1. The molecule has 2 aliphatic rings. The Balaban J connectivity index is 1.36. The Bertz CT molecular complexity index is 785. The highest BCUT2D eigenvalue weighted by Crippen LogP contribution is 2.33. The lowest BCUT2D eigenvalue weighted by atomic mass is 10.1. The van der Waals surface area contributed by atoms with Crippen LogP contribution in [0, 0.1) is 6.92 Å². The zero-order chi connectivity index (χ0) is 17.2. The third-order valence-corrected chi connectivity index (χ3v) is 4.50. The van der Waals surface area contributed by atoms with Crippen LogP contribution >= 0.6 is 0 Å². The van der Waals surface area contributed by atoms with Gasteiger partial charge in [-0.15, -0.1) is 0 Å². The number of nitrogens with zero attached hydrogens (tertiary/aromatic N) is 2. The number of hydrogen-bond donors (Lipinski definition) is 0. The standard InChI is InChI=1S/C19H20N2O4/c1-13-3-2-4-18(20-13)25-15-7-9-21(10-8-15)19(22)14-5-6-16-17(11-14)24-12-23-16/h2-6,11,15H,7-10,12H2,1H3. The first-order chi connectivity index (χ1) is 12.2. The molecule has 1 aromatic carbocycles. The van der Waals surface area contributed by atoms with E-state index in [9.17, 15) is 4.79 Å². The quantitative estimate of drug-likeness (QED) is 0.860. The summed E-state index contributed by atoms with van der Waals surface area (Å²) in [6.45, 7) is 3.50. The molecule has 1 amide bonds. The number of carbonyl (C=O) groups is 1. The van der Waals surface area contributed by atoms with E-state index in [0.29, 0.717) is 36.0 Å². The Morgan fingerprint density at radius 3 is 2.76 bits per heavy atom. The molecule has 130 valence electrons. The zero-order valence-electron chi connectivity index (χ0n) is 14.1. The molecule has 1 fully saturated rings. The Morgan fingerprint density at radius 1 is 1.16 bits per heavy atom. The van der Waals surface area contributed by atoms with Crippen LogP contribution < -0.4 is 14.2 Å². The molecule has 6 heteroatoms. The van der Waals surface area contributed by atoms with Gasteiger partial charge in [0.25, 0.3) is 5.91 Å². The molecule has 1 aromatic heterocycles. The van der Waals surface area contributed by atoms with E-state index in [0.717, 1.165) is 18.5 Å². The molecule has 25 heavy (non-hydrogen) atoms. The van der Waals surface area contributed by atoms with Crippen molar-refractivity contribution >= 4 is 5.91 Å².